The molecule has 0 aliphatic heterocycles. The van der Waals surface area contributed by atoms with Gasteiger partial charge in [0.2, 0.25) is 0 Å². The van der Waals surface area contributed by atoms with Crippen LogP contribution in [0.5, 0.6) is 0 Å². The summed E-state index contributed by atoms with van der Waals surface area (Å²) >= 11 is 0. The van der Waals surface area contributed by atoms with E-state index in [4.69, 9.17) is 15.9 Å². The molecule has 1 heterocycles. The van der Waals surface area contributed by atoms with Gasteiger partial charge in [-0.2, -0.15) is 4.68 Å². The van der Waals surface area contributed by atoms with Crippen LogP contribution in [0.15, 0.2) is 83.7 Å². The van der Waals surface area contributed by atoms with Crippen molar-refractivity contribution in [2.24, 2.45) is 5.73 Å². The van der Waals surface area contributed by atoms with Crippen LogP contribution in [0, 0.1) is 5.41 Å². The van der Waals surface area contributed by atoms with Crippen molar-refractivity contribution in [1.29, 1.82) is 5.41 Å². The summed E-state index contributed by atoms with van der Waals surface area (Å²) in [5.41, 5.74) is 8.76. The highest BCUT2D eigenvalue weighted by molar-refractivity contribution is 5.95. The quantitative estimate of drug-likeness (QED) is 0.240. The maximum Gasteiger partial charge on any atom is 0.355 e. The summed E-state index contributed by atoms with van der Waals surface area (Å²) in [6.45, 7) is 0. The summed E-state index contributed by atoms with van der Waals surface area (Å²) in [7, 11) is 1.37. The molecule has 0 amide bonds. The number of aryl methyl sites for hydroxylation is 1. The fraction of sp³-hybridized carbons (Fsp3) is 0.120. The lowest BCUT2D eigenvalue weighted by Gasteiger charge is -2.07. The molecule has 8 nitrogen and oxygen atoms in total. The molecule has 9 heteroatoms. The van der Waals surface area contributed by atoms with E-state index >= 15 is 0 Å². The highest BCUT2D eigenvalue weighted by Crippen LogP contribution is 2.21. The Morgan fingerprint density at radius 1 is 0.971 bits per heavy atom. The Labute approximate surface area is 202 Å². The first kappa shape index (κ1) is 24.5. The Morgan fingerprint density at radius 3 is 2.18 bits per heavy atom. The van der Waals surface area contributed by atoms with E-state index in [1.807, 2.05) is 54.6 Å². The van der Waals surface area contributed by atoms with Crippen LogP contribution in [0.2, 0.25) is 0 Å². The predicted octanol–water partition coefficient (Wildman–Crippen LogP) is 3.50. The molecule has 4 rings (SSSR count). The van der Waals surface area contributed by atoms with Crippen LogP contribution >= 0.6 is 12.4 Å². The van der Waals surface area contributed by atoms with Gasteiger partial charge >= 0.3 is 11.7 Å². The topological polar surface area (TPSA) is 116 Å². The Bertz CT molecular complexity index is 1340. The molecule has 174 valence electrons. The zero-order chi connectivity index (χ0) is 23.4. The lowest BCUT2D eigenvalue weighted by molar-refractivity contribution is -0.140. The molecule has 3 aromatic carbocycles. The van der Waals surface area contributed by atoms with Crippen molar-refractivity contribution in [3.8, 4) is 22.8 Å². The van der Waals surface area contributed by atoms with Gasteiger partial charge in [-0.1, -0.05) is 42.5 Å². The van der Waals surface area contributed by atoms with Gasteiger partial charge in [-0.15, -0.1) is 17.5 Å². The SMILES string of the molecule is COC(=O)CCc1ccc(-n2c(-c3ccccc3)nn(-c3ccc(C(=N)N)cc3)c2=O)cc1.Cl. The van der Waals surface area contributed by atoms with Crippen LogP contribution in [-0.2, 0) is 16.0 Å². The predicted molar refractivity (Wildman–Crippen MR) is 133 cm³/mol. The van der Waals surface area contributed by atoms with E-state index in [1.54, 1.807) is 28.8 Å². The second-order valence-corrected chi connectivity index (χ2v) is 7.42. The highest BCUT2D eigenvalue weighted by atomic mass is 35.5. The number of esters is 1. The first-order chi connectivity index (χ1) is 16.0. The number of nitrogens with two attached hydrogens (primary N) is 1. The van der Waals surface area contributed by atoms with Crippen LogP contribution in [-0.4, -0.2) is 33.3 Å². The number of rotatable bonds is 7. The molecule has 3 N–H and O–H groups in total. The van der Waals surface area contributed by atoms with Gasteiger partial charge in [0.15, 0.2) is 5.82 Å². The van der Waals surface area contributed by atoms with E-state index < -0.39 is 0 Å². The summed E-state index contributed by atoms with van der Waals surface area (Å²) in [5.74, 6) is 0.189. The van der Waals surface area contributed by atoms with Crippen LogP contribution in [0.25, 0.3) is 22.8 Å². The number of carbonyl (C=O) groups is 1. The minimum absolute atomic E-state index is 0. The van der Waals surface area contributed by atoms with Crippen molar-refractivity contribution in [3.63, 3.8) is 0 Å². The number of halogens is 1. The third-order valence-electron chi connectivity index (χ3n) is 5.27. The smallest absolute Gasteiger partial charge is 0.355 e. The maximum absolute atomic E-state index is 13.5. The van der Waals surface area contributed by atoms with E-state index in [0.29, 0.717) is 35.6 Å². The number of carbonyl (C=O) groups excluding carboxylic acids is 1. The third-order valence-corrected chi connectivity index (χ3v) is 5.27. The second kappa shape index (κ2) is 10.6. The molecule has 0 bridgehead atoms. The van der Waals surface area contributed by atoms with Crippen molar-refractivity contribution in [1.82, 2.24) is 14.3 Å². The van der Waals surface area contributed by atoms with Gasteiger partial charge < -0.3 is 10.5 Å². The molecule has 1 aromatic heterocycles. The number of nitrogen functional groups attached to an aromatic ring is 1. The second-order valence-electron chi connectivity index (χ2n) is 7.42. The monoisotopic (exact) mass is 477 g/mol. The number of amidine groups is 1. The molecule has 0 saturated carbocycles. The molecule has 4 aromatic rings. The van der Waals surface area contributed by atoms with E-state index in [1.165, 1.54) is 11.8 Å². The average molecular weight is 478 g/mol. The molecular weight excluding hydrogens is 454 g/mol. The normalized spacial score (nSPS) is 10.4. The van der Waals surface area contributed by atoms with E-state index in [9.17, 15) is 9.59 Å². The van der Waals surface area contributed by atoms with Crippen molar-refractivity contribution < 1.29 is 9.53 Å². The number of aromatic nitrogens is 3. The van der Waals surface area contributed by atoms with Crippen molar-refractivity contribution in [2.45, 2.75) is 12.8 Å². The molecule has 0 fully saturated rings. The number of hydrogen-bond acceptors (Lipinski definition) is 5. The number of nitrogens with zero attached hydrogens (tertiary/aromatic N) is 3. The molecule has 0 radical (unpaired) electrons. The number of hydrogen-bond donors (Lipinski definition) is 2. The Kier molecular flexibility index (Phi) is 7.65. The van der Waals surface area contributed by atoms with E-state index in [-0.39, 0.29) is 29.9 Å². The van der Waals surface area contributed by atoms with Crippen LogP contribution < -0.4 is 11.4 Å². The van der Waals surface area contributed by atoms with Gasteiger partial charge in [-0.25, -0.2) is 9.36 Å². The van der Waals surface area contributed by atoms with Crippen molar-refractivity contribution in [2.75, 3.05) is 7.11 Å². The molecule has 0 spiro atoms. The lowest BCUT2D eigenvalue weighted by atomic mass is 10.1. The standard InChI is InChI=1S/C25H23N5O3.ClH/c1-33-22(31)16-9-17-7-12-20(13-8-17)29-24(19-5-3-2-4-6-19)28-30(25(29)32)21-14-10-18(11-15-21)23(26)27;/h2-8,10-15H,9,16H2,1H3,(H3,26,27);1H. The first-order valence-electron chi connectivity index (χ1n) is 10.4. The van der Waals surface area contributed by atoms with Crippen LogP contribution in [0.3, 0.4) is 0 Å². The van der Waals surface area contributed by atoms with Gasteiger partial charge in [0, 0.05) is 17.5 Å². The third kappa shape index (κ3) is 5.07. The summed E-state index contributed by atoms with van der Waals surface area (Å²) in [6, 6.07) is 23.7. The summed E-state index contributed by atoms with van der Waals surface area (Å²) < 4.78 is 7.58. The summed E-state index contributed by atoms with van der Waals surface area (Å²) in [5, 5.41) is 12.2. The van der Waals surface area contributed by atoms with Crippen molar-refractivity contribution in [3.05, 3.63) is 100 Å². The Morgan fingerprint density at radius 2 is 1.59 bits per heavy atom. The summed E-state index contributed by atoms with van der Waals surface area (Å²) in [6.07, 6.45) is 0.842. The summed E-state index contributed by atoms with van der Waals surface area (Å²) in [4.78, 5) is 24.9. The van der Waals surface area contributed by atoms with Gasteiger partial charge in [0.1, 0.15) is 5.84 Å². The number of ether oxygens (including phenoxy) is 1. The van der Waals surface area contributed by atoms with Gasteiger partial charge in [-0.3, -0.25) is 10.2 Å². The Balaban J connectivity index is 0.00000324. The number of nitrogens with one attached hydrogen (secondary N) is 1. The minimum atomic E-state index is -0.327. The van der Waals surface area contributed by atoms with Gasteiger partial charge in [0.05, 0.1) is 18.5 Å². The van der Waals surface area contributed by atoms with Gasteiger partial charge in [-0.05, 0) is 48.4 Å². The first-order valence-corrected chi connectivity index (χ1v) is 10.4. The van der Waals surface area contributed by atoms with Crippen LogP contribution in [0.4, 0.5) is 0 Å². The van der Waals surface area contributed by atoms with Crippen molar-refractivity contribution >= 4 is 24.2 Å². The molecule has 0 atom stereocenters. The Hall–Kier alpha value is -4.17. The molecular formula is C25H24ClN5O3. The molecule has 0 aliphatic rings. The molecule has 0 aliphatic carbocycles. The average Bonchev–Trinajstić information content (AvgIpc) is 3.20. The van der Waals surface area contributed by atoms with E-state index in [2.05, 4.69) is 5.10 Å². The zero-order valence-corrected chi connectivity index (χ0v) is 19.3. The lowest BCUT2D eigenvalue weighted by Crippen LogP contribution is -2.23. The highest BCUT2D eigenvalue weighted by Gasteiger charge is 2.18. The number of benzene rings is 3. The fourth-order valence-corrected chi connectivity index (χ4v) is 3.48. The van der Waals surface area contributed by atoms with E-state index in [0.717, 1.165) is 11.1 Å². The minimum Gasteiger partial charge on any atom is -0.469 e. The molecule has 34 heavy (non-hydrogen) atoms. The van der Waals surface area contributed by atoms with Crippen LogP contribution in [0.1, 0.15) is 17.5 Å². The largest absolute Gasteiger partial charge is 0.469 e. The van der Waals surface area contributed by atoms with Gasteiger partial charge in [0.25, 0.3) is 0 Å². The molecule has 0 unspecified atom stereocenters. The fourth-order valence-electron chi connectivity index (χ4n) is 3.48. The zero-order valence-electron chi connectivity index (χ0n) is 18.5. The number of methoxy groups -OCH3 is 1. The molecule has 0 saturated heterocycles. The maximum atomic E-state index is 13.5.